The zero-order chi connectivity index (χ0) is 65.5. The van der Waals surface area contributed by atoms with Crippen LogP contribution in [0.2, 0.25) is 0 Å². The second-order valence-corrected chi connectivity index (χ2v) is 23.8. The predicted molar refractivity (Wildman–Crippen MR) is 374 cm³/mol. The maximum atomic E-state index is 10.8. The third-order valence-corrected chi connectivity index (χ3v) is 17.1. The van der Waals surface area contributed by atoms with E-state index >= 15 is 0 Å². The van der Waals surface area contributed by atoms with E-state index in [1.54, 1.807) is 0 Å². The van der Waals surface area contributed by atoms with Crippen molar-refractivity contribution in [1.29, 1.82) is 5.26 Å². The van der Waals surface area contributed by atoms with E-state index in [2.05, 4.69) is 144 Å². The molecule has 18 heteroatoms. The molecule has 0 saturated carbocycles. The number of rotatable bonds is 11. The molecule has 16 aromatic rings. The Labute approximate surface area is 551 Å². The van der Waals surface area contributed by atoms with E-state index in [1.165, 1.54) is 0 Å². The van der Waals surface area contributed by atoms with Crippen LogP contribution >= 0.6 is 0 Å². The van der Waals surface area contributed by atoms with E-state index in [9.17, 15) is 5.26 Å². The van der Waals surface area contributed by atoms with Gasteiger partial charge in [0.2, 0.25) is 0 Å². The minimum absolute atomic E-state index is 0.475. The van der Waals surface area contributed by atoms with E-state index in [4.69, 9.17) is 54.8 Å². The summed E-state index contributed by atoms with van der Waals surface area (Å²) in [5.74, 6) is 8.78. The van der Waals surface area contributed by atoms with Crippen LogP contribution in [-0.2, 0) is 0 Å². The van der Waals surface area contributed by atoms with Crippen LogP contribution in [-0.4, -0.2) is 83.9 Å². The molecule has 0 aliphatic carbocycles. The van der Waals surface area contributed by atoms with Gasteiger partial charge in [-0.15, -0.1) is 0 Å². The molecular weight excluding hydrogens is 1190 g/mol. The Morgan fingerprint density at radius 1 is 0.240 bits per heavy atom. The van der Waals surface area contributed by atoms with Gasteiger partial charge in [-0.05, 0) is 170 Å². The van der Waals surface area contributed by atoms with Crippen molar-refractivity contribution >= 4 is 43.6 Å². The second kappa shape index (κ2) is 23.4. The lowest BCUT2D eigenvalue weighted by Gasteiger charge is -2.21. The lowest BCUT2D eigenvalue weighted by Crippen LogP contribution is -2.04. The largest absolute Gasteiger partial charge is 0.309 e. The summed E-state index contributed by atoms with van der Waals surface area (Å²) in [6.07, 6.45) is 0. The summed E-state index contributed by atoms with van der Waals surface area (Å²) in [7, 11) is 0. The minimum Gasteiger partial charge on any atom is -0.309 e. The smallest absolute Gasteiger partial charge is 0.164 e. The van der Waals surface area contributed by atoms with Crippen molar-refractivity contribution in [2.45, 2.75) is 55.4 Å². The molecule has 458 valence electrons. The molecule has 0 aliphatic heterocycles. The third-order valence-electron chi connectivity index (χ3n) is 17.1. The van der Waals surface area contributed by atoms with Crippen molar-refractivity contribution < 1.29 is 0 Å². The molecule has 0 fully saturated rings. The molecule has 0 radical (unpaired) electrons. The number of nitrogens with zero attached hydrogens (tertiary/aromatic N) is 18. The standard InChI is InChI=1S/C78H56N18/c1-42-80-43(2)85-74(84-42)53-24-31-67-62(36-53)63-37-54(75-86-44(3)81-45(4)87-75)25-32-68(63)95(67)66-30-28-57(78-93-72(50-17-11-9-12-18-50)92-73(94-78)51-19-13-10-14-20-51)35-61(66)60-29-23-52(59-22-16-15-21-58(59)41-79)40-71(60)96-69-33-26-55(76-88-46(5)82-47(6)89-76)38-64(69)65-39-56(27-34-70(65)96)77-90-48(7)83-49(8)91-77/h9-40H,1-8H3. The quantitative estimate of drug-likeness (QED) is 0.117. The Balaban J connectivity index is 1.03. The van der Waals surface area contributed by atoms with Crippen LogP contribution < -0.4 is 0 Å². The maximum absolute atomic E-state index is 10.8. The molecule has 0 amide bonds. The van der Waals surface area contributed by atoms with Crippen molar-refractivity contribution in [3.05, 3.63) is 246 Å². The SMILES string of the molecule is Cc1nc(C)nc(-c2ccc3c(c2)c2cc(-c4nc(C)nc(C)n4)ccc2n3-c2ccc(-c3nc(-c4ccccc4)nc(-c4ccccc4)n3)cc2-c2ccc(-c3ccccc3C#N)cc2-n2c3ccc(-c4nc(C)nc(C)n4)cc3c3cc(-c4nc(C)nc(C)n4)ccc32)n1. The Bertz CT molecular complexity index is 5560. The molecule has 0 aliphatic rings. The topological polar surface area (TPSA) is 227 Å². The molecule has 96 heavy (non-hydrogen) atoms. The highest BCUT2D eigenvalue weighted by Gasteiger charge is 2.26. The predicted octanol–water partition coefficient (Wildman–Crippen LogP) is 16.1. The van der Waals surface area contributed by atoms with Gasteiger partial charge < -0.3 is 9.13 Å². The number of hydrogen-bond acceptors (Lipinski definition) is 16. The first-order valence-electron chi connectivity index (χ1n) is 31.4. The zero-order valence-corrected chi connectivity index (χ0v) is 53.5. The van der Waals surface area contributed by atoms with Gasteiger partial charge in [-0.2, -0.15) is 5.26 Å². The van der Waals surface area contributed by atoms with Crippen LogP contribution in [0.1, 0.15) is 52.2 Å². The molecule has 9 aromatic carbocycles. The van der Waals surface area contributed by atoms with Gasteiger partial charge in [-0.25, -0.2) is 74.8 Å². The normalized spacial score (nSPS) is 11.5. The van der Waals surface area contributed by atoms with Crippen molar-refractivity contribution in [3.8, 4) is 119 Å². The molecule has 7 heterocycles. The number of aryl methyl sites for hydroxylation is 8. The summed E-state index contributed by atoms with van der Waals surface area (Å²) in [6.45, 7) is 15.1. The number of benzene rings is 9. The Morgan fingerprint density at radius 2 is 0.552 bits per heavy atom. The summed E-state index contributed by atoms with van der Waals surface area (Å²) < 4.78 is 4.65. The Kier molecular flexibility index (Phi) is 14.2. The summed E-state index contributed by atoms with van der Waals surface area (Å²) in [5, 5.41) is 14.5. The molecule has 0 N–H and O–H groups in total. The lowest BCUT2D eigenvalue weighted by molar-refractivity contribution is 0.928. The van der Waals surface area contributed by atoms with Gasteiger partial charge in [0, 0.05) is 71.6 Å². The second-order valence-electron chi connectivity index (χ2n) is 23.8. The van der Waals surface area contributed by atoms with Crippen LogP contribution in [0.15, 0.2) is 194 Å². The van der Waals surface area contributed by atoms with Gasteiger partial charge in [-0.3, -0.25) is 0 Å². The number of aromatic nitrogens is 17. The molecule has 0 atom stereocenters. The summed E-state index contributed by atoms with van der Waals surface area (Å²) in [5.41, 5.74) is 14.8. The van der Waals surface area contributed by atoms with Crippen molar-refractivity contribution in [1.82, 2.24) is 83.9 Å². The molecule has 7 aromatic heterocycles. The van der Waals surface area contributed by atoms with Gasteiger partial charge in [0.15, 0.2) is 40.8 Å². The highest BCUT2D eigenvalue weighted by Crippen LogP contribution is 2.46. The number of hydrogen-bond donors (Lipinski definition) is 0. The van der Waals surface area contributed by atoms with E-state index in [1.807, 2.05) is 140 Å². The summed E-state index contributed by atoms with van der Waals surface area (Å²) in [6, 6.07) is 68.7. The molecule has 0 bridgehead atoms. The van der Waals surface area contributed by atoms with E-state index in [-0.39, 0.29) is 0 Å². The maximum Gasteiger partial charge on any atom is 0.164 e. The summed E-state index contributed by atoms with van der Waals surface area (Å²) >= 11 is 0. The fourth-order valence-corrected chi connectivity index (χ4v) is 13.1. The monoisotopic (exact) mass is 1240 g/mol. The first-order valence-corrected chi connectivity index (χ1v) is 31.4. The fourth-order valence-electron chi connectivity index (χ4n) is 13.1. The molecular formula is C78H56N18. The van der Waals surface area contributed by atoms with Crippen LogP contribution in [0.25, 0.3) is 157 Å². The van der Waals surface area contributed by atoms with Crippen molar-refractivity contribution in [2.75, 3.05) is 0 Å². The Morgan fingerprint density at radius 3 is 0.938 bits per heavy atom. The zero-order valence-electron chi connectivity index (χ0n) is 53.5. The highest BCUT2D eigenvalue weighted by molar-refractivity contribution is 6.14. The minimum atomic E-state index is 0.475. The van der Waals surface area contributed by atoms with Crippen molar-refractivity contribution in [2.24, 2.45) is 0 Å². The molecule has 18 nitrogen and oxygen atoms in total. The van der Waals surface area contributed by atoms with Crippen molar-refractivity contribution in [3.63, 3.8) is 0 Å². The van der Waals surface area contributed by atoms with Gasteiger partial charge in [0.25, 0.3) is 0 Å². The van der Waals surface area contributed by atoms with Crippen LogP contribution in [0, 0.1) is 66.7 Å². The highest BCUT2D eigenvalue weighted by atomic mass is 15.1. The molecule has 16 rings (SSSR count). The van der Waals surface area contributed by atoms with Crippen LogP contribution in [0.4, 0.5) is 0 Å². The van der Waals surface area contributed by atoms with Crippen LogP contribution in [0.3, 0.4) is 0 Å². The van der Waals surface area contributed by atoms with Crippen LogP contribution in [0.5, 0.6) is 0 Å². The molecule has 0 spiro atoms. The van der Waals surface area contributed by atoms with E-state index in [0.717, 1.165) is 116 Å². The molecule has 0 saturated heterocycles. The number of nitriles is 1. The van der Waals surface area contributed by atoms with E-state index in [0.29, 0.717) is 92.9 Å². The average molecular weight is 1250 g/mol. The van der Waals surface area contributed by atoms with Gasteiger partial charge in [-0.1, -0.05) is 91.0 Å². The average Bonchev–Trinajstić information content (AvgIpc) is 1.57. The third kappa shape index (κ3) is 10.6. The van der Waals surface area contributed by atoms with Gasteiger partial charge in [0.1, 0.15) is 46.6 Å². The first kappa shape index (κ1) is 58.2. The van der Waals surface area contributed by atoms with E-state index < -0.39 is 0 Å². The first-order chi connectivity index (χ1) is 46.7. The lowest BCUT2D eigenvalue weighted by atomic mass is 9.93. The van der Waals surface area contributed by atoms with Gasteiger partial charge >= 0.3 is 0 Å². The molecule has 0 unspecified atom stereocenters. The Hall–Kier alpha value is -12.9. The van der Waals surface area contributed by atoms with Gasteiger partial charge in [0.05, 0.1) is 45.1 Å². The summed E-state index contributed by atoms with van der Waals surface area (Å²) in [4.78, 5) is 72.6. The fraction of sp³-hybridized carbons (Fsp3) is 0.103. The number of fused-ring (bicyclic) bond motifs is 6.